The highest BCUT2D eigenvalue weighted by molar-refractivity contribution is 5.44. The van der Waals surface area contributed by atoms with E-state index in [1.165, 1.54) is 0 Å². The number of ether oxygens (including phenoxy) is 3. The first kappa shape index (κ1) is 23.1. The average molecular weight is 450 g/mol. The largest absolute Gasteiger partial charge is 0.508 e. The molecule has 3 aromatic carbocycles. The van der Waals surface area contributed by atoms with Crippen LogP contribution in [0.25, 0.3) is 0 Å². The fourth-order valence-electron chi connectivity index (χ4n) is 3.90. The quantitative estimate of drug-likeness (QED) is 0.407. The number of phenols is 1. The lowest BCUT2D eigenvalue weighted by Crippen LogP contribution is -2.33. The Hall–Kier alpha value is -3.06. The highest BCUT2D eigenvalue weighted by Crippen LogP contribution is 2.33. The summed E-state index contributed by atoms with van der Waals surface area (Å²) in [6, 6.07) is 21.1. The zero-order valence-electron chi connectivity index (χ0n) is 18.9. The van der Waals surface area contributed by atoms with E-state index in [1.807, 2.05) is 55.5 Å². The Labute approximate surface area is 194 Å². The Kier molecular flexibility index (Phi) is 7.83. The molecule has 0 spiro atoms. The number of aliphatic hydroxyl groups is 1. The third-order valence-electron chi connectivity index (χ3n) is 5.68. The van der Waals surface area contributed by atoms with Crippen LogP contribution < -0.4 is 14.8 Å². The number of hydrogen-bond acceptors (Lipinski definition) is 6. The van der Waals surface area contributed by atoms with Gasteiger partial charge in [-0.15, -0.1) is 0 Å². The molecule has 4 rings (SSSR count). The summed E-state index contributed by atoms with van der Waals surface area (Å²) >= 11 is 0. The van der Waals surface area contributed by atoms with Crippen LogP contribution in [0.5, 0.6) is 17.2 Å². The van der Waals surface area contributed by atoms with Crippen molar-refractivity contribution in [1.29, 1.82) is 0 Å². The van der Waals surface area contributed by atoms with E-state index in [1.54, 1.807) is 18.2 Å². The summed E-state index contributed by atoms with van der Waals surface area (Å²) < 4.78 is 17.8. The second kappa shape index (κ2) is 11.2. The van der Waals surface area contributed by atoms with E-state index < -0.39 is 6.10 Å². The van der Waals surface area contributed by atoms with Crippen LogP contribution in [-0.2, 0) is 17.8 Å². The molecule has 6 heteroatoms. The van der Waals surface area contributed by atoms with Gasteiger partial charge in [0.2, 0.25) is 0 Å². The lowest BCUT2D eigenvalue weighted by Gasteiger charge is -2.27. The Morgan fingerprint density at radius 2 is 1.88 bits per heavy atom. The van der Waals surface area contributed by atoms with Gasteiger partial charge in [-0.25, -0.2) is 0 Å². The Balaban J connectivity index is 1.22. The second-order valence-corrected chi connectivity index (χ2v) is 8.34. The molecule has 0 aromatic heterocycles. The van der Waals surface area contributed by atoms with Crippen LogP contribution in [0.4, 0.5) is 0 Å². The molecule has 3 N–H and O–H groups in total. The Bertz CT molecular complexity index is 1040. The molecule has 0 saturated carbocycles. The number of hydrogen-bond donors (Lipinski definition) is 3. The summed E-state index contributed by atoms with van der Waals surface area (Å²) in [5.41, 5.74) is 3.96. The van der Waals surface area contributed by atoms with E-state index in [9.17, 15) is 10.2 Å². The van der Waals surface area contributed by atoms with Crippen LogP contribution in [0.2, 0.25) is 0 Å². The third kappa shape index (κ3) is 6.48. The number of aliphatic hydroxyl groups excluding tert-OH is 1. The number of rotatable bonds is 10. The van der Waals surface area contributed by atoms with Crippen LogP contribution in [0.1, 0.15) is 28.4 Å². The minimum Gasteiger partial charge on any atom is -0.508 e. The van der Waals surface area contributed by atoms with Gasteiger partial charge in [0.15, 0.2) is 17.6 Å². The predicted molar refractivity (Wildman–Crippen MR) is 127 cm³/mol. The molecule has 6 nitrogen and oxygen atoms in total. The monoisotopic (exact) mass is 449 g/mol. The molecule has 0 aliphatic carbocycles. The number of phenolic OH excluding ortho intramolecular Hbond substituents is 1. The lowest BCUT2D eigenvalue weighted by atomic mass is 10.0. The number of aryl methyl sites for hydroxylation is 1. The van der Waals surface area contributed by atoms with Crippen molar-refractivity contribution in [3.05, 3.63) is 89.0 Å². The zero-order chi connectivity index (χ0) is 23.0. The fourth-order valence-corrected chi connectivity index (χ4v) is 3.90. The van der Waals surface area contributed by atoms with Crippen molar-refractivity contribution in [3.8, 4) is 17.2 Å². The van der Waals surface area contributed by atoms with Gasteiger partial charge in [-0.3, -0.25) is 0 Å². The van der Waals surface area contributed by atoms with Crippen LogP contribution in [0, 0.1) is 6.92 Å². The van der Waals surface area contributed by atoms with Gasteiger partial charge in [-0.05, 0) is 66.4 Å². The molecule has 0 amide bonds. The predicted octanol–water partition coefficient (Wildman–Crippen LogP) is 3.92. The molecule has 0 radical (unpaired) electrons. The summed E-state index contributed by atoms with van der Waals surface area (Å²) in [5, 5.41) is 23.3. The molecule has 2 atom stereocenters. The molecule has 174 valence electrons. The normalized spacial score (nSPS) is 15.9. The standard InChI is InChI=1S/C27H31NO5/c1-19-13-22(29)8-9-24(19)25(30)15-28-12-11-20-7-10-26-27(14-20)33-23(18-32-26)17-31-16-21-5-3-2-4-6-21/h2-10,13-14,23,25,28-30H,11-12,15-18H2,1H3/t23-,25+/m1/s1. The van der Waals surface area contributed by atoms with Gasteiger partial charge in [0.1, 0.15) is 12.4 Å². The molecule has 0 bridgehead atoms. The highest BCUT2D eigenvalue weighted by Gasteiger charge is 2.21. The summed E-state index contributed by atoms with van der Waals surface area (Å²) in [7, 11) is 0. The molecule has 0 fully saturated rings. The maximum atomic E-state index is 10.4. The third-order valence-corrected chi connectivity index (χ3v) is 5.68. The van der Waals surface area contributed by atoms with Crippen LogP contribution in [0.3, 0.4) is 0 Å². The Morgan fingerprint density at radius 3 is 2.70 bits per heavy atom. The van der Waals surface area contributed by atoms with E-state index in [0.717, 1.165) is 46.7 Å². The van der Waals surface area contributed by atoms with Gasteiger partial charge in [0.25, 0.3) is 0 Å². The molecular weight excluding hydrogens is 418 g/mol. The molecule has 1 heterocycles. The summed E-state index contributed by atoms with van der Waals surface area (Å²) in [4.78, 5) is 0. The average Bonchev–Trinajstić information content (AvgIpc) is 2.82. The van der Waals surface area contributed by atoms with Gasteiger partial charge in [0.05, 0.1) is 19.3 Å². The number of benzene rings is 3. The van der Waals surface area contributed by atoms with Crippen molar-refractivity contribution in [2.75, 3.05) is 26.3 Å². The molecule has 0 saturated heterocycles. The second-order valence-electron chi connectivity index (χ2n) is 8.34. The van der Waals surface area contributed by atoms with Crippen LogP contribution in [-0.4, -0.2) is 42.6 Å². The van der Waals surface area contributed by atoms with Crippen molar-refractivity contribution in [2.24, 2.45) is 0 Å². The van der Waals surface area contributed by atoms with E-state index in [2.05, 4.69) is 5.32 Å². The van der Waals surface area contributed by atoms with Gasteiger partial charge in [0, 0.05) is 6.54 Å². The number of aromatic hydroxyl groups is 1. The fraction of sp³-hybridized carbons (Fsp3) is 0.333. The van der Waals surface area contributed by atoms with Crippen molar-refractivity contribution < 1.29 is 24.4 Å². The van der Waals surface area contributed by atoms with E-state index in [-0.39, 0.29) is 11.9 Å². The summed E-state index contributed by atoms with van der Waals surface area (Å²) in [6.07, 6.45) is 0.0356. The van der Waals surface area contributed by atoms with Gasteiger partial charge in [-0.1, -0.05) is 42.5 Å². The maximum absolute atomic E-state index is 10.4. The molecule has 33 heavy (non-hydrogen) atoms. The zero-order valence-corrected chi connectivity index (χ0v) is 18.9. The van der Waals surface area contributed by atoms with E-state index >= 15 is 0 Å². The topological polar surface area (TPSA) is 80.2 Å². The lowest BCUT2D eigenvalue weighted by molar-refractivity contribution is 0.00266. The molecule has 3 aromatic rings. The van der Waals surface area contributed by atoms with Crippen LogP contribution >= 0.6 is 0 Å². The van der Waals surface area contributed by atoms with E-state index in [4.69, 9.17) is 14.2 Å². The van der Waals surface area contributed by atoms with Crippen molar-refractivity contribution in [2.45, 2.75) is 32.2 Å². The van der Waals surface area contributed by atoms with Gasteiger partial charge in [-0.2, -0.15) is 0 Å². The highest BCUT2D eigenvalue weighted by atomic mass is 16.6. The van der Waals surface area contributed by atoms with E-state index in [0.29, 0.717) is 26.4 Å². The number of nitrogens with one attached hydrogen (secondary N) is 1. The SMILES string of the molecule is Cc1cc(O)ccc1[C@@H](O)CNCCc1ccc2c(c1)O[C@H](COCc1ccccc1)CO2. The minimum absolute atomic E-state index is 0.140. The Morgan fingerprint density at radius 1 is 1.03 bits per heavy atom. The molecule has 1 aliphatic heterocycles. The molecule has 1 aliphatic rings. The van der Waals surface area contributed by atoms with Gasteiger partial charge >= 0.3 is 0 Å². The minimum atomic E-state index is -0.623. The summed E-state index contributed by atoms with van der Waals surface area (Å²) in [5.74, 6) is 1.70. The molecule has 0 unspecified atom stereocenters. The molecular formula is C27H31NO5. The van der Waals surface area contributed by atoms with Crippen molar-refractivity contribution >= 4 is 0 Å². The first-order chi connectivity index (χ1) is 16.1. The smallest absolute Gasteiger partial charge is 0.162 e. The first-order valence-corrected chi connectivity index (χ1v) is 11.3. The van der Waals surface area contributed by atoms with Crippen molar-refractivity contribution in [1.82, 2.24) is 5.32 Å². The van der Waals surface area contributed by atoms with Crippen LogP contribution in [0.15, 0.2) is 66.7 Å². The van der Waals surface area contributed by atoms with Crippen molar-refractivity contribution in [3.63, 3.8) is 0 Å². The van der Waals surface area contributed by atoms with Gasteiger partial charge < -0.3 is 29.7 Å². The first-order valence-electron chi connectivity index (χ1n) is 11.3. The number of fused-ring (bicyclic) bond motifs is 1. The maximum Gasteiger partial charge on any atom is 0.162 e. The summed E-state index contributed by atoms with van der Waals surface area (Å²) in [6.45, 7) is 4.53.